The van der Waals surface area contributed by atoms with Gasteiger partial charge in [0, 0.05) is 18.0 Å². The summed E-state index contributed by atoms with van der Waals surface area (Å²) in [5.74, 6) is 0. The number of rotatable bonds is 0. The van der Waals surface area contributed by atoms with Crippen molar-refractivity contribution in [3.05, 3.63) is 29.6 Å². The van der Waals surface area contributed by atoms with Crippen molar-refractivity contribution in [2.45, 2.75) is 25.0 Å². The molecule has 2 unspecified atom stereocenters. The Kier molecular flexibility index (Phi) is 1.50. The quantitative estimate of drug-likeness (QED) is 0.668. The van der Waals surface area contributed by atoms with Crippen LogP contribution < -0.4 is 5.32 Å². The van der Waals surface area contributed by atoms with Gasteiger partial charge in [0.1, 0.15) is 0 Å². The molecule has 3 rings (SSSR count). The van der Waals surface area contributed by atoms with E-state index >= 15 is 0 Å². The molecule has 1 N–H and O–H groups in total. The third kappa shape index (κ3) is 0.999. The fourth-order valence-corrected chi connectivity index (χ4v) is 2.19. The minimum absolute atomic E-state index is 0.125. The van der Waals surface area contributed by atoms with Crippen LogP contribution in [-0.2, 0) is 11.2 Å². The van der Waals surface area contributed by atoms with Gasteiger partial charge in [0.2, 0.25) is 0 Å². The summed E-state index contributed by atoms with van der Waals surface area (Å²) < 4.78 is 5.20. The molecule has 2 atom stereocenters. The molecule has 1 aromatic heterocycles. The van der Waals surface area contributed by atoms with Gasteiger partial charge in [-0.3, -0.25) is 4.98 Å². The molecule has 0 radical (unpaired) electrons. The number of nitrogens with one attached hydrogen (secondary N) is 1. The van der Waals surface area contributed by atoms with Gasteiger partial charge in [-0.15, -0.1) is 0 Å². The summed E-state index contributed by atoms with van der Waals surface area (Å²) in [6.07, 6.45) is 5.09. The Balaban J connectivity index is 2.05. The maximum absolute atomic E-state index is 11.1. The van der Waals surface area contributed by atoms with E-state index < -0.39 is 0 Å². The number of hydrogen-bond donors (Lipinski definition) is 1. The molecule has 1 aromatic rings. The summed E-state index contributed by atoms with van der Waals surface area (Å²) >= 11 is 0. The Labute approximate surface area is 81.3 Å². The molecule has 0 bridgehead atoms. The fourth-order valence-electron chi connectivity index (χ4n) is 2.19. The fraction of sp³-hybridized carbons (Fsp3) is 0.400. The number of pyridine rings is 1. The Bertz CT molecular complexity index is 391. The molecule has 0 aromatic carbocycles. The van der Waals surface area contributed by atoms with Crippen LogP contribution >= 0.6 is 0 Å². The minimum atomic E-state index is -0.309. The van der Waals surface area contributed by atoms with Crippen LogP contribution in [0.4, 0.5) is 4.79 Å². The second-order valence-corrected chi connectivity index (χ2v) is 3.69. The molecular formula is C10H10N2O2. The van der Waals surface area contributed by atoms with Crippen molar-refractivity contribution in [1.82, 2.24) is 10.3 Å². The first kappa shape index (κ1) is 7.79. The van der Waals surface area contributed by atoms with Gasteiger partial charge in [-0.2, -0.15) is 0 Å². The van der Waals surface area contributed by atoms with E-state index in [1.54, 1.807) is 12.4 Å². The largest absolute Gasteiger partial charge is 0.439 e. The smallest absolute Gasteiger partial charge is 0.408 e. The van der Waals surface area contributed by atoms with E-state index in [1.807, 2.05) is 6.07 Å². The molecule has 2 heterocycles. The number of aromatic nitrogens is 1. The molecule has 1 aliphatic heterocycles. The van der Waals surface area contributed by atoms with E-state index in [-0.39, 0.29) is 18.2 Å². The third-order valence-electron chi connectivity index (χ3n) is 2.88. The Morgan fingerprint density at radius 2 is 2.50 bits per heavy atom. The average Bonchev–Trinajstić information content (AvgIpc) is 2.59. The molecular weight excluding hydrogens is 180 g/mol. The zero-order valence-electron chi connectivity index (χ0n) is 7.56. The van der Waals surface area contributed by atoms with Gasteiger partial charge in [0.25, 0.3) is 0 Å². The summed E-state index contributed by atoms with van der Waals surface area (Å²) in [4.78, 5) is 15.1. The van der Waals surface area contributed by atoms with Gasteiger partial charge in [-0.25, -0.2) is 4.79 Å². The molecule has 1 amide bonds. The highest BCUT2D eigenvalue weighted by atomic mass is 16.6. The number of amides is 1. The molecule has 4 heteroatoms. The van der Waals surface area contributed by atoms with Crippen LogP contribution in [0, 0.1) is 0 Å². The van der Waals surface area contributed by atoms with Crippen LogP contribution in [0.15, 0.2) is 18.5 Å². The lowest BCUT2D eigenvalue weighted by molar-refractivity contribution is 0.127. The predicted octanol–water partition coefficient (Wildman–Crippen LogP) is 1.18. The van der Waals surface area contributed by atoms with Crippen LogP contribution in [-0.4, -0.2) is 17.1 Å². The minimum Gasteiger partial charge on any atom is -0.439 e. The standard InChI is InChI=1S/C10H10N2O2/c13-10-12-8-2-1-6-3-4-11-5-7(6)9(8)14-10/h3-5,8-9H,1-2H2,(H,12,13). The first-order valence-electron chi connectivity index (χ1n) is 4.74. The number of fused-ring (bicyclic) bond motifs is 3. The second kappa shape index (κ2) is 2.70. The van der Waals surface area contributed by atoms with Gasteiger partial charge < -0.3 is 10.1 Å². The van der Waals surface area contributed by atoms with Crippen LogP contribution in [0.5, 0.6) is 0 Å². The lowest BCUT2D eigenvalue weighted by Gasteiger charge is -2.24. The van der Waals surface area contributed by atoms with Crippen molar-refractivity contribution in [2.75, 3.05) is 0 Å². The van der Waals surface area contributed by atoms with E-state index in [1.165, 1.54) is 5.56 Å². The normalized spacial score (nSPS) is 28.7. The summed E-state index contributed by atoms with van der Waals surface area (Å²) in [5, 5.41) is 2.81. The molecule has 1 fully saturated rings. The van der Waals surface area contributed by atoms with E-state index in [9.17, 15) is 4.79 Å². The highest BCUT2D eigenvalue weighted by Gasteiger charge is 2.38. The van der Waals surface area contributed by atoms with Crippen molar-refractivity contribution < 1.29 is 9.53 Å². The van der Waals surface area contributed by atoms with Crippen molar-refractivity contribution in [3.63, 3.8) is 0 Å². The Hall–Kier alpha value is -1.58. The van der Waals surface area contributed by atoms with E-state index in [0.717, 1.165) is 18.4 Å². The number of carbonyl (C=O) groups is 1. The summed E-state index contributed by atoms with van der Waals surface area (Å²) in [6.45, 7) is 0. The van der Waals surface area contributed by atoms with Crippen molar-refractivity contribution >= 4 is 6.09 Å². The molecule has 1 aliphatic carbocycles. The number of nitrogens with zero attached hydrogens (tertiary/aromatic N) is 1. The highest BCUT2D eigenvalue weighted by Crippen LogP contribution is 2.35. The third-order valence-corrected chi connectivity index (χ3v) is 2.88. The molecule has 4 nitrogen and oxygen atoms in total. The highest BCUT2D eigenvalue weighted by molar-refractivity contribution is 5.71. The van der Waals surface area contributed by atoms with Crippen LogP contribution in [0.1, 0.15) is 23.7 Å². The zero-order chi connectivity index (χ0) is 9.54. The molecule has 1 saturated heterocycles. The Morgan fingerprint density at radius 1 is 1.57 bits per heavy atom. The van der Waals surface area contributed by atoms with Gasteiger partial charge in [-0.05, 0) is 24.5 Å². The van der Waals surface area contributed by atoms with Gasteiger partial charge >= 0.3 is 6.09 Å². The monoisotopic (exact) mass is 190 g/mol. The first-order chi connectivity index (χ1) is 6.84. The molecule has 72 valence electrons. The van der Waals surface area contributed by atoms with Crippen molar-refractivity contribution in [1.29, 1.82) is 0 Å². The number of carbonyl (C=O) groups excluding carboxylic acids is 1. The van der Waals surface area contributed by atoms with Crippen LogP contribution in [0.2, 0.25) is 0 Å². The Morgan fingerprint density at radius 3 is 3.43 bits per heavy atom. The molecule has 2 aliphatic rings. The van der Waals surface area contributed by atoms with E-state index in [2.05, 4.69) is 10.3 Å². The van der Waals surface area contributed by atoms with Crippen molar-refractivity contribution in [3.8, 4) is 0 Å². The van der Waals surface area contributed by atoms with E-state index in [0.29, 0.717) is 0 Å². The zero-order valence-corrected chi connectivity index (χ0v) is 7.56. The van der Waals surface area contributed by atoms with E-state index in [4.69, 9.17) is 4.74 Å². The number of aryl methyl sites for hydroxylation is 1. The van der Waals surface area contributed by atoms with Gasteiger partial charge in [-0.1, -0.05) is 0 Å². The van der Waals surface area contributed by atoms with Crippen LogP contribution in [0.3, 0.4) is 0 Å². The SMILES string of the molecule is O=C1NC2CCc3ccncc3C2O1. The predicted molar refractivity (Wildman–Crippen MR) is 48.7 cm³/mol. The lowest BCUT2D eigenvalue weighted by Crippen LogP contribution is -2.31. The lowest BCUT2D eigenvalue weighted by atomic mass is 9.88. The van der Waals surface area contributed by atoms with Gasteiger partial charge in [0.15, 0.2) is 6.10 Å². The topological polar surface area (TPSA) is 51.2 Å². The van der Waals surface area contributed by atoms with Crippen molar-refractivity contribution in [2.24, 2.45) is 0 Å². The molecule has 0 saturated carbocycles. The maximum atomic E-state index is 11.1. The summed E-state index contributed by atoms with van der Waals surface area (Å²) in [6, 6.07) is 2.14. The van der Waals surface area contributed by atoms with Gasteiger partial charge in [0.05, 0.1) is 6.04 Å². The number of ether oxygens (including phenoxy) is 1. The summed E-state index contributed by atoms with van der Waals surface area (Å²) in [7, 11) is 0. The molecule has 0 spiro atoms. The first-order valence-corrected chi connectivity index (χ1v) is 4.74. The number of hydrogen-bond acceptors (Lipinski definition) is 3. The number of alkyl carbamates (subject to hydrolysis) is 1. The second-order valence-electron chi connectivity index (χ2n) is 3.69. The summed E-state index contributed by atoms with van der Waals surface area (Å²) in [5.41, 5.74) is 2.31. The van der Waals surface area contributed by atoms with Crippen LogP contribution in [0.25, 0.3) is 0 Å². The molecule has 14 heavy (non-hydrogen) atoms. The average molecular weight is 190 g/mol. The maximum Gasteiger partial charge on any atom is 0.408 e.